The summed E-state index contributed by atoms with van der Waals surface area (Å²) >= 11 is 3.29. The Bertz CT molecular complexity index is 643. The largest absolute Gasteiger partial charge is 0.507 e. The highest BCUT2D eigenvalue weighted by atomic mass is 79.9. The van der Waals surface area contributed by atoms with Crippen molar-refractivity contribution < 1.29 is 14.6 Å². The Labute approximate surface area is 125 Å². The van der Waals surface area contributed by atoms with E-state index in [1.807, 2.05) is 0 Å². The van der Waals surface area contributed by atoms with Crippen LogP contribution in [-0.2, 0) is 0 Å². The number of hydrogen-bond acceptors (Lipinski definition) is 3. The maximum atomic E-state index is 12.4. The molecule has 4 nitrogen and oxygen atoms in total. The lowest BCUT2D eigenvalue weighted by atomic mass is 10.1. The van der Waals surface area contributed by atoms with E-state index in [9.17, 15) is 9.90 Å². The van der Waals surface area contributed by atoms with Gasteiger partial charge in [0.15, 0.2) is 0 Å². The van der Waals surface area contributed by atoms with Crippen molar-refractivity contribution in [1.82, 2.24) is 0 Å². The zero-order valence-corrected chi connectivity index (χ0v) is 12.7. The number of hydrogen-bond donors (Lipinski definition) is 1. The van der Waals surface area contributed by atoms with Crippen LogP contribution in [0.25, 0.3) is 0 Å². The molecule has 0 aliphatic rings. The Kier molecular flexibility index (Phi) is 4.29. The molecule has 2 aromatic rings. The first-order valence-corrected chi connectivity index (χ1v) is 6.73. The fraction of sp³-hybridized carbons (Fsp3) is 0.133. The monoisotopic (exact) mass is 335 g/mol. The van der Waals surface area contributed by atoms with Crippen molar-refractivity contribution >= 4 is 27.5 Å². The molecule has 5 heteroatoms. The second-order valence-corrected chi connectivity index (χ2v) is 5.14. The molecule has 0 bridgehead atoms. The molecule has 0 radical (unpaired) electrons. The summed E-state index contributed by atoms with van der Waals surface area (Å²) in [6, 6.07) is 11.9. The predicted octanol–water partition coefficient (Wildman–Crippen LogP) is 3.44. The molecule has 0 atom stereocenters. The Morgan fingerprint density at radius 2 is 2.00 bits per heavy atom. The van der Waals surface area contributed by atoms with Crippen molar-refractivity contribution in [3.05, 3.63) is 52.5 Å². The van der Waals surface area contributed by atoms with E-state index in [0.29, 0.717) is 11.4 Å². The van der Waals surface area contributed by atoms with Gasteiger partial charge in [0.1, 0.15) is 11.5 Å². The van der Waals surface area contributed by atoms with Gasteiger partial charge < -0.3 is 14.7 Å². The molecule has 0 heterocycles. The van der Waals surface area contributed by atoms with E-state index < -0.39 is 0 Å². The molecule has 1 amide bonds. The van der Waals surface area contributed by atoms with Crippen LogP contribution in [0.5, 0.6) is 11.5 Å². The standard InChI is InChI=1S/C15H14BrNO3/c1-17(11-4-3-5-12(9-11)20-2)15(19)13-8-10(16)6-7-14(13)18/h3-9,18H,1-2H3. The highest BCUT2D eigenvalue weighted by Crippen LogP contribution is 2.26. The van der Waals surface area contributed by atoms with Crippen molar-refractivity contribution in [3.63, 3.8) is 0 Å². The lowest BCUT2D eigenvalue weighted by molar-refractivity contribution is 0.0990. The molecule has 0 fully saturated rings. The average Bonchev–Trinajstić information content (AvgIpc) is 2.48. The van der Waals surface area contributed by atoms with E-state index in [-0.39, 0.29) is 17.2 Å². The molecule has 2 rings (SSSR count). The second-order valence-electron chi connectivity index (χ2n) is 4.23. The summed E-state index contributed by atoms with van der Waals surface area (Å²) in [4.78, 5) is 13.9. The quantitative estimate of drug-likeness (QED) is 0.934. The Morgan fingerprint density at radius 1 is 1.25 bits per heavy atom. The zero-order valence-electron chi connectivity index (χ0n) is 11.1. The number of methoxy groups -OCH3 is 1. The van der Waals surface area contributed by atoms with Crippen LogP contribution in [-0.4, -0.2) is 25.2 Å². The van der Waals surface area contributed by atoms with Gasteiger partial charge in [-0.15, -0.1) is 0 Å². The minimum absolute atomic E-state index is 0.0482. The number of phenols is 1. The van der Waals surface area contributed by atoms with Crippen molar-refractivity contribution in [3.8, 4) is 11.5 Å². The minimum atomic E-state index is -0.294. The summed E-state index contributed by atoms with van der Waals surface area (Å²) in [5.41, 5.74) is 0.929. The molecule has 0 spiro atoms. The number of rotatable bonds is 3. The fourth-order valence-electron chi connectivity index (χ4n) is 1.80. The Balaban J connectivity index is 2.34. The van der Waals surface area contributed by atoms with Gasteiger partial charge in [-0.2, -0.15) is 0 Å². The van der Waals surface area contributed by atoms with E-state index in [1.165, 1.54) is 11.0 Å². The molecule has 0 aromatic heterocycles. The minimum Gasteiger partial charge on any atom is -0.507 e. The van der Waals surface area contributed by atoms with Crippen LogP contribution in [0.1, 0.15) is 10.4 Å². The lowest BCUT2D eigenvalue weighted by Crippen LogP contribution is -2.26. The van der Waals surface area contributed by atoms with Gasteiger partial charge in [-0.3, -0.25) is 4.79 Å². The summed E-state index contributed by atoms with van der Waals surface area (Å²) in [5.74, 6) is 0.325. The van der Waals surface area contributed by atoms with Crippen LogP contribution in [0.15, 0.2) is 46.9 Å². The maximum Gasteiger partial charge on any atom is 0.261 e. The van der Waals surface area contributed by atoms with E-state index in [1.54, 1.807) is 50.6 Å². The number of anilines is 1. The normalized spacial score (nSPS) is 10.2. The van der Waals surface area contributed by atoms with Gasteiger partial charge in [-0.05, 0) is 30.3 Å². The van der Waals surface area contributed by atoms with Gasteiger partial charge in [0.2, 0.25) is 0 Å². The number of carbonyl (C=O) groups is 1. The van der Waals surface area contributed by atoms with Crippen molar-refractivity contribution in [1.29, 1.82) is 0 Å². The van der Waals surface area contributed by atoms with E-state index in [4.69, 9.17) is 4.74 Å². The highest BCUT2D eigenvalue weighted by molar-refractivity contribution is 9.10. The third-order valence-electron chi connectivity index (χ3n) is 2.93. The maximum absolute atomic E-state index is 12.4. The van der Waals surface area contributed by atoms with Crippen molar-refractivity contribution in [2.24, 2.45) is 0 Å². The number of nitrogens with zero attached hydrogens (tertiary/aromatic N) is 1. The molecule has 104 valence electrons. The van der Waals surface area contributed by atoms with Crippen LogP contribution in [0.2, 0.25) is 0 Å². The topological polar surface area (TPSA) is 49.8 Å². The molecule has 1 N–H and O–H groups in total. The van der Waals surface area contributed by atoms with Gasteiger partial charge in [-0.25, -0.2) is 0 Å². The lowest BCUT2D eigenvalue weighted by Gasteiger charge is -2.18. The van der Waals surface area contributed by atoms with Crippen molar-refractivity contribution in [2.45, 2.75) is 0 Å². The SMILES string of the molecule is COc1cccc(N(C)C(=O)c2cc(Br)ccc2O)c1. The number of phenolic OH excluding ortho intramolecular Hbond substituents is 1. The third-order valence-corrected chi connectivity index (χ3v) is 3.43. The van der Waals surface area contributed by atoms with Gasteiger partial charge in [-0.1, -0.05) is 22.0 Å². The number of halogens is 1. The fourth-order valence-corrected chi connectivity index (χ4v) is 2.16. The van der Waals surface area contributed by atoms with Crippen LogP contribution in [0, 0.1) is 0 Å². The Hall–Kier alpha value is -2.01. The summed E-state index contributed by atoms with van der Waals surface area (Å²) in [7, 11) is 3.22. The number of benzene rings is 2. The Morgan fingerprint density at radius 3 is 2.70 bits per heavy atom. The number of aromatic hydroxyl groups is 1. The molecule has 0 saturated heterocycles. The summed E-state index contributed by atoms with van der Waals surface area (Å²) in [5, 5.41) is 9.81. The first-order valence-electron chi connectivity index (χ1n) is 5.93. The van der Waals surface area contributed by atoms with Crippen LogP contribution in [0.4, 0.5) is 5.69 Å². The molecule has 0 aliphatic heterocycles. The average molecular weight is 336 g/mol. The van der Waals surface area contributed by atoms with Gasteiger partial charge in [0.05, 0.1) is 12.7 Å². The summed E-state index contributed by atoms with van der Waals surface area (Å²) in [6.07, 6.45) is 0. The number of carbonyl (C=O) groups excluding carboxylic acids is 1. The number of ether oxygens (including phenoxy) is 1. The smallest absolute Gasteiger partial charge is 0.261 e. The first kappa shape index (κ1) is 14.4. The molecule has 0 saturated carbocycles. The van der Waals surface area contributed by atoms with Crippen LogP contribution >= 0.6 is 15.9 Å². The van der Waals surface area contributed by atoms with E-state index >= 15 is 0 Å². The third kappa shape index (κ3) is 2.93. The molecular formula is C15H14BrNO3. The van der Waals surface area contributed by atoms with Crippen molar-refractivity contribution in [2.75, 3.05) is 19.1 Å². The molecule has 0 unspecified atom stereocenters. The van der Waals surface area contributed by atoms with Gasteiger partial charge in [0.25, 0.3) is 5.91 Å². The summed E-state index contributed by atoms with van der Waals surface area (Å²) in [6.45, 7) is 0. The van der Waals surface area contributed by atoms with E-state index in [2.05, 4.69) is 15.9 Å². The highest BCUT2D eigenvalue weighted by Gasteiger charge is 2.17. The van der Waals surface area contributed by atoms with Crippen LogP contribution in [0.3, 0.4) is 0 Å². The van der Waals surface area contributed by atoms with Gasteiger partial charge in [0, 0.05) is 23.3 Å². The van der Waals surface area contributed by atoms with Crippen LogP contribution < -0.4 is 9.64 Å². The van der Waals surface area contributed by atoms with Gasteiger partial charge >= 0.3 is 0 Å². The first-order chi connectivity index (χ1) is 9.52. The number of amides is 1. The second kappa shape index (κ2) is 5.96. The zero-order chi connectivity index (χ0) is 14.7. The van der Waals surface area contributed by atoms with E-state index in [0.717, 1.165) is 4.47 Å². The molecule has 2 aromatic carbocycles. The molecular weight excluding hydrogens is 322 g/mol. The molecule has 0 aliphatic carbocycles. The molecule has 20 heavy (non-hydrogen) atoms. The summed E-state index contributed by atoms with van der Waals surface area (Å²) < 4.78 is 5.87. The predicted molar refractivity (Wildman–Crippen MR) is 81.5 cm³/mol.